The summed E-state index contributed by atoms with van der Waals surface area (Å²) in [6.45, 7) is 2.37. The normalized spacial score (nSPS) is 10.4. The maximum atomic E-state index is 12.4. The standard InChI is InChI=1S/C23H28N2O8/c1-16-4-6-17(7-5-16)8-9-22(26)24-10-11-33-23(27)18-14-20(31-3)21(32-13-12-30-2)15-19(18)25(28)29/h4-7,14-15H,8-13H2,1-3H3,(H,24,26). The van der Waals surface area contributed by atoms with Crippen molar-refractivity contribution in [1.82, 2.24) is 5.32 Å². The number of rotatable bonds is 13. The molecule has 0 saturated heterocycles. The Balaban J connectivity index is 1.89. The van der Waals surface area contributed by atoms with Crippen LogP contribution in [0.4, 0.5) is 5.69 Å². The predicted octanol–water partition coefficient (Wildman–Crippen LogP) is 2.84. The van der Waals surface area contributed by atoms with Gasteiger partial charge in [-0.05, 0) is 18.9 Å². The Labute approximate surface area is 191 Å². The van der Waals surface area contributed by atoms with E-state index in [4.69, 9.17) is 18.9 Å². The zero-order valence-corrected chi connectivity index (χ0v) is 18.9. The van der Waals surface area contributed by atoms with E-state index in [-0.39, 0.29) is 49.3 Å². The number of amides is 1. The Morgan fingerprint density at radius 2 is 1.76 bits per heavy atom. The Hall–Kier alpha value is -3.66. The van der Waals surface area contributed by atoms with Crippen molar-refractivity contribution >= 4 is 17.6 Å². The van der Waals surface area contributed by atoms with Crippen LogP contribution in [0.2, 0.25) is 0 Å². The summed E-state index contributed by atoms with van der Waals surface area (Å²) >= 11 is 0. The Morgan fingerprint density at radius 1 is 1.03 bits per heavy atom. The van der Waals surface area contributed by atoms with Crippen molar-refractivity contribution in [3.8, 4) is 11.5 Å². The lowest BCUT2D eigenvalue weighted by Crippen LogP contribution is -2.28. The smallest absolute Gasteiger partial charge is 0.345 e. The number of nitrogens with one attached hydrogen (secondary N) is 1. The van der Waals surface area contributed by atoms with Gasteiger partial charge < -0.3 is 24.3 Å². The average molecular weight is 460 g/mol. The molecule has 2 aromatic rings. The van der Waals surface area contributed by atoms with Crippen LogP contribution >= 0.6 is 0 Å². The van der Waals surface area contributed by atoms with E-state index in [9.17, 15) is 19.7 Å². The highest BCUT2D eigenvalue weighted by atomic mass is 16.6. The summed E-state index contributed by atoms with van der Waals surface area (Å²) in [5.41, 5.74) is 1.45. The SMILES string of the molecule is COCCOc1cc([N+](=O)[O-])c(C(=O)OCCNC(=O)CCc2ccc(C)cc2)cc1OC. The topological polar surface area (TPSA) is 126 Å². The second-order valence-corrected chi connectivity index (χ2v) is 7.09. The van der Waals surface area contributed by atoms with Gasteiger partial charge in [-0.15, -0.1) is 0 Å². The first-order valence-electron chi connectivity index (χ1n) is 10.3. The molecule has 2 aromatic carbocycles. The number of ether oxygens (including phenoxy) is 4. The molecule has 0 aromatic heterocycles. The van der Waals surface area contributed by atoms with Crippen molar-refractivity contribution in [2.75, 3.05) is 40.6 Å². The maximum absolute atomic E-state index is 12.4. The lowest BCUT2D eigenvalue weighted by atomic mass is 10.1. The molecule has 0 aliphatic carbocycles. The maximum Gasteiger partial charge on any atom is 0.345 e. The van der Waals surface area contributed by atoms with E-state index in [1.807, 2.05) is 31.2 Å². The van der Waals surface area contributed by atoms with Gasteiger partial charge in [-0.25, -0.2) is 4.79 Å². The highest BCUT2D eigenvalue weighted by Gasteiger charge is 2.26. The molecule has 10 heteroatoms. The van der Waals surface area contributed by atoms with Gasteiger partial charge >= 0.3 is 5.97 Å². The van der Waals surface area contributed by atoms with E-state index >= 15 is 0 Å². The van der Waals surface area contributed by atoms with E-state index in [2.05, 4.69) is 5.32 Å². The van der Waals surface area contributed by atoms with Gasteiger partial charge in [0.25, 0.3) is 5.69 Å². The molecule has 0 saturated carbocycles. The van der Waals surface area contributed by atoms with Crippen LogP contribution in [0.15, 0.2) is 36.4 Å². The first kappa shape index (κ1) is 25.6. The fourth-order valence-corrected chi connectivity index (χ4v) is 2.88. The van der Waals surface area contributed by atoms with Crippen molar-refractivity contribution in [3.63, 3.8) is 0 Å². The molecule has 1 N–H and O–H groups in total. The van der Waals surface area contributed by atoms with Crippen LogP contribution in [0.3, 0.4) is 0 Å². The molecule has 1 amide bonds. The third-order valence-corrected chi connectivity index (χ3v) is 4.66. The number of nitro groups is 1. The Bertz CT molecular complexity index is 960. The molecule has 0 heterocycles. The number of carbonyl (C=O) groups is 2. The lowest BCUT2D eigenvalue weighted by molar-refractivity contribution is -0.385. The molecular weight excluding hydrogens is 432 g/mol. The minimum atomic E-state index is -0.905. The molecule has 0 aliphatic rings. The molecular formula is C23H28N2O8. The lowest BCUT2D eigenvalue weighted by Gasteiger charge is -2.12. The highest BCUT2D eigenvalue weighted by Crippen LogP contribution is 2.35. The minimum Gasteiger partial charge on any atom is -0.493 e. The van der Waals surface area contributed by atoms with Gasteiger partial charge in [0.1, 0.15) is 18.8 Å². The summed E-state index contributed by atoms with van der Waals surface area (Å²) in [6.07, 6.45) is 0.890. The molecule has 0 fully saturated rings. The van der Waals surface area contributed by atoms with Crippen LogP contribution in [-0.2, 0) is 20.7 Å². The summed E-state index contributed by atoms with van der Waals surface area (Å²) in [4.78, 5) is 35.2. The molecule has 0 aliphatic heterocycles. The monoisotopic (exact) mass is 460 g/mol. The van der Waals surface area contributed by atoms with Gasteiger partial charge in [0, 0.05) is 19.6 Å². The second kappa shape index (κ2) is 13.0. The minimum absolute atomic E-state index is 0.0849. The molecule has 33 heavy (non-hydrogen) atoms. The Kier molecular flexibility index (Phi) is 10.1. The van der Waals surface area contributed by atoms with Crippen molar-refractivity contribution in [2.45, 2.75) is 19.8 Å². The van der Waals surface area contributed by atoms with E-state index in [0.717, 1.165) is 17.2 Å². The van der Waals surface area contributed by atoms with E-state index in [0.29, 0.717) is 12.8 Å². The predicted molar refractivity (Wildman–Crippen MR) is 120 cm³/mol. The van der Waals surface area contributed by atoms with Crippen LogP contribution in [0.5, 0.6) is 11.5 Å². The molecule has 0 bridgehead atoms. The Morgan fingerprint density at radius 3 is 2.39 bits per heavy atom. The summed E-state index contributed by atoms with van der Waals surface area (Å²) < 4.78 is 20.6. The van der Waals surface area contributed by atoms with Crippen molar-refractivity contribution in [1.29, 1.82) is 0 Å². The van der Waals surface area contributed by atoms with Crippen LogP contribution in [0.25, 0.3) is 0 Å². The van der Waals surface area contributed by atoms with Gasteiger partial charge in [-0.3, -0.25) is 14.9 Å². The van der Waals surface area contributed by atoms with Crippen LogP contribution in [0, 0.1) is 17.0 Å². The van der Waals surface area contributed by atoms with Crippen LogP contribution in [-0.4, -0.2) is 57.4 Å². The number of hydrogen-bond donors (Lipinski definition) is 1. The number of nitrogens with zero attached hydrogens (tertiary/aromatic N) is 1. The largest absolute Gasteiger partial charge is 0.493 e. The third kappa shape index (κ3) is 8.08. The molecule has 2 rings (SSSR count). The van der Waals surface area contributed by atoms with E-state index in [1.54, 1.807) is 0 Å². The van der Waals surface area contributed by atoms with E-state index < -0.39 is 16.6 Å². The van der Waals surface area contributed by atoms with Crippen molar-refractivity contribution < 1.29 is 33.5 Å². The summed E-state index contributed by atoms with van der Waals surface area (Å²) in [5.74, 6) is -0.833. The molecule has 0 spiro atoms. The first-order chi connectivity index (χ1) is 15.8. The van der Waals surface area contributed by atoms with Crippen molar-refractivity contribution in [3.05, 3.63) is 63.2 Å². The molecule has 0 unspecified atom stereocenters. The summed E-state index contributed by atoms with van der Waals surface area (Å²) in [7, 11) is 2.85. The molecule has 0 atom stereocenters. The number of esters is 1. The van der Waals surface area contributed by atoms with Gasteiger partial charge in [0.15, 0.2) is 11.5 Å². The number of carbonyl (C=O) groups excluding carboxylic acids is 2. The molecule has 0 radical (unpaired) electrons. The van der Waals surface area contributed by atoms with E-state index in [1.165, 1.54) is 20.3 Å². The molecule has 178 valence electrons. The number of hydrogen-bond acceptors (Lipinski definition) is 8. The summed E-state index contributed by atoms with van der Waals surface area (Å²) in [5, 5.41) is 14.1. The number of aryl methyl sites for hydroxylation is 2. The zero-order valence-electron chi connectivity index (χ0n) is 18.9. The van der Waals surface area contributed by atoms with Gasteiger partial charge in [-0.1, -0.05) is 29.8 Å². The fraction of sp³-hybridized carbons (Fsp3) is 0.391. The molecule has 10 nitrogen and oxygen atoms in total. The average Bonchev–Trinajstić information content (AvgIpc) is 2.81. The summed E-state index contributed by atoms with van der Waals surface area (Å²) in [6, 6.07) is 10.2. The third-order valence-electron chi connectivity index (χ3n) is 4.66. The van der Waals surface area contributed by atoms with Crippen LogP contribution in [0.1, 0.15) is 27.9 Å². The van der Waals surface area contributed by atoms with Gasteiger partial charge in [0.2, 0.25) is 5.91 Å². The highest BCUT2D eigenvalue weighted by molar-refractivity contribution is 5.95. The van der Waals surface area contributed by atoms with Gasteiger partial charge in [0.05, 0.1) is 31.3 Å². The first-order valence-corrected chi connectivity index (χ1v) is 10.3. The van der Waals surface area contributed by atoms with Gasteiger partial charge in [-0.2, -0.15) is 0 Å². The second-order valence-electron chi connectivity index (χ2n) is 7.09. The van der Waals surface area contributed by atoms with Crippen molar-refractivity contribution in [2.24, 2.45) is 0 Å². The van der Waals surface area contributed by atoms with Crippen LogP contribution < -0.4 is 14.8 Å². The zero-order chi connectivity index (χ0) is 24.2. The quantitative estimate of drug-likeness (QED) is 0.209. The number of methoxy groups -OCH3 is 2. The number of nitro benzene ring substituents is 1. The number of benzene rings is 2. The fourth-order valence-electron chi connectivity index (χ4n) is 2.88.